The highest BCUT2D eigenvalue weighted by Gasteiger charge is 2.10. The fourth-order valence-electron chi connectivity index (χ4n) is 1.52. The van der Waals surface area contributed by atoms with Crippen LogP contribution >= 0.6 is 11.3 Å². The Bertz CT molecular complexity index is 604. The Balaban J connectivity index is 1.97. The number of hydrogen-bond acceptors (Lipinski definition) is 3. The number of rotatable bonds is 4. The molecule has 0 aliphatic heterocycles. The molecule has 19 heavy (non-hydrogen) atoms. The Kier molecular flexibility index (Phi) is 4.06. The maximum atomic E-state index is 12.7. The van der Waals surface area contributed by atoms with Crippen molar-refractivity contribution in [1.82, 2.24) is 5.32 Å². The molecule has 0 fully saturated rings. The lowest BCUT2D eigenvalue weighted by Crippen LogP contribution is -2.21. The first-order valence-electron chi connectivity index (χ1n) is 5.69. The number of carbonyl (C=O) groups is 2. The summed E-state index contributed by atoms with van der Waals surface area (Å²) in [5.41, 5.74) is 0.818. The summed E-state index contributed by atoms with van der Waals surface area (Å²) in [4.78, 5) is 24.0. The predicted molar refractivity (Wildman–Crippen MR) is 71.9 cm³/mol. The van der Waals surface area contributed by atoms with E-state index in [0.29, 0.717) is 16.3 Å². The largest absolute Gasteiger partial charge is 0.347 e. The second-order valence-electron chi connectivity index (χ2n) is 4.03. The molecule has 0 bridgehead atoms. The van der Waals surface area contributed by atoms with Crippen LogP contribution in [0, 0.1) is 5.82 Å². The first kappa shape index (κ1) is 13.4. The SMILES string of the molecule is CC(=O)c1ccc(C(=O)NCc2ccc(F)cc2)s1. The summed E-state index contributed by atoms with van der Waals surface area (Å²) < 4.78 is 12.7. The van der Waals surface area contributed by atoms with Gasteiger partial charge in [0.15, 0.2) is 5.78 Å². The molecule has 2 aromatic rings. The van der Waals surface area contributed by atoms with Crippen molar-refractivity contribution in [2.75, 3.05) is 0 Å². The van der Waals surface area contributed by atoms with Crippen LogP contribution in [0.5, 0.6) is 0 Å². The molecule has 0 saturated carbocycles. The van der Waals surface area contributed by atoms with E-state index in [1.54, 1.807) is 24.3 Å². The molecule has 2 rings (SSSR count). The fraction of sp³-hybridized carbons (Fsp3) is 0.143. The van der Waals surface area contributed by atoms with E-state index in [1.807, 2.05) is 0 Å². The molecule has 0 radical (unpaired) electrons. The lowest BCUT2D eigenvalue weighted by atomic mass is 10.2. The minimum atomic E-state index is -0.306. The molecule has 3 nitrogen and oxygen atoms in total. The summed E-state index contributed by atoms with van der Waals surface area (Å²) in [6, 6.07) is 9.19. The van der Waals surface area contributed by atoms with Crippen molar-refractivity contribution >= 4 is 23.0 Å². The van der Waals surface area contributed by atoms with Crippen molar-refractivity contribution in [3.63, 3.8) is 0 Å². The molecule has 0 spiro atoms. The van der Waals surface area contributed by atoms with Gasteiger partial charge in [0, 0.05) is 6.54 Å². The van der Waals surface area contributed by atoms with E-state index in [0.717, 1.165) is 5.56 Å². The van der Waals surface area contributed by atoms with Crippen molar-refractivity contribution in [3.05, 3.63) is 57.5 Å². The van der Waals surface area contributed by atoms with Gasteiger partial charge in [-0.15, -0.1) is 11.3 Å². The quantitative estimate of drug-likeness (QED) is 0.873. The molecule has 1 heterocycles. The standard InChI is InChI=1S/C14H12FNO2S/c1-9(17)12-6-7-13(19-12)14(18)16-8-10-2-4-11(15)5-3-10/h2-7H,8H2,1H3,(H,16,18). The minimum absolute atomic E-state index is 0.0532. The second kappa shape index (κ2) is 5.75. The molecule has 0 saturated heterocycles. The summed E-state index contributed by atoms with van der Waals surface area (Å²) >= 11 is 1.17. The number of Topliss-reactive ketones (excluding diaryl/α,β-unsaturated/α-hetero) is 1. The van der Waals surface area contributed by atoms with Crippen LogP contribution in [0.2, 0.25) is 0 Å². The zero-order valence-electron chi connectivity index (χ0n) is 10.3. The molecule has 0 aliphatic carbocycles. The first-order chi connectivity index (χ1) is 9.06. The summed E-state index contributed by atoms with van der Waals surface area (Å²) in [6.07, 6.45) is 0. The van der Waals surface area contributed by atoms with Crippen LogP contribution in [0.4, 0.5) is 4.39 Å². The highest BCUT2D eigenvalue weighted by Crippen LogP contribution is 2.16. The van der Waals surface area contributed by atoms with Gasteiger partial charge in [-0.3, -0.25) is 9.59 Å². The number of hydrogen-bond donors (Lipinski definition) is 1. The van der Waals surface area contributed by atoms with Crippen molar-refractivity contribution in [2.24, 2.45) is 0 Å². The number of thiophene rings is 1. The van der Waals surface area contributed by atoms with Gasteiger partial charge in [-0.1, -0.05) is 12.1 Å². The number of carbonyl (C=O) groups excluding carboxylic acids is 2. The van der Waals surface area contributed by atoms with Gasteiger partial charge < -0.3 is 5.32 Å². The molecule has 1 amide bonds. The zero-order valence-corrected chi connectivity index (χ0v) is 11.1. The van der Waals surface area contributed by atoms with E-state index < -0.39 is 0 Å². The van der Waals surface area contributed by atoms with E-state index in [4.69, 9.17) is 0 Å². The Morgan fingerprint density at radius 1 is 1.11 bits per heavy atom. The topological polar surface area (TPSA) is 46.2 Å². The van der Waals surface area contributed by atoms with Gasteiger partial charge in [0.2, 0.25) is 0 Å². The predicted octanol–water partition coefficient (Wildman–Crippen LogP) is 3.02. The molecule has 1 N–H and O–H groups in total. The normalized spacial score (nSPS) is 10.2. The molecule has 1 aromatic heterocycles. The van der Waals surface area contributed by atoms with Crippen LogP contribution in [0.3, 0.4) is 0 Å². The third kappa shape index (κ3) is 3.48. The van der Waals surface area contributed by atoms with Crippen LogP contribution in [-0.4, -0.2) is 11.7 Å². The number of nitrogens with one attached hydrogen (secondary N) is 1. The average molecular weight is 277 g/mol. The van der Waals surface area contributed by atoms with Crippen molar-refractivity contribution in [1.29, 1.82) is 0 Å². The second-order valence-corrected chi connectivity index (χ2v) is 5.11. The lowest BCUT2D eigenvalue weighted by molar-refractivity contribution is 0.0954. The third-order valence-electron chi connectivity index (χ3n) is 2.54. The molecule has 5 heteroatoms. The highest BCUT2D eigenvalue weighted by atomic mass is 32.1. The Labute approximate surface area is 114 Å². The van der Waals surface area contributed by atoms with Crippen molar-refractivity contribution < 1.29 is 14.0 Å². The summed E-state index contributed by atoms with van der Waals surface area (Å²) in [6.45, 7) is 1.79. The van der Waals surface area contributed by atoms with E-state index in [-0.39, 0.29) is 17.5 Å². The van der Waals surface area contributed by atoms with Gasteiger partial charge in [-0.2, -0.15) is 0 Å². The van der Waals surface area contributed by atoms with E-state index in [9.17, 15) is 14.0 Å². The van der Waals surface area contributed by atoms with Gasteiger partial charge in [-0.25, -0.2) is 4.39 Å². The molecular weight excluding hydrogens is 265 g/mol. The van der Waals surface area contributed by atoms with Crippen LogP contribution in [0.1, 0.15) is 31.8 Å². The molecule has 0 unspecified atom stereocenters. The van der Waals surface area contributed by atoms with Crippen LogP contribution < -0.4 is 5.32 Å². The average Bonchev–Trinajstić information content (AvgIpc) is 2.87. The summed E-state index contributed by atoms with van der Waals surface area (Å²) in [5, 5.41) is 2.72. The number of amides is 1. The fourth-order valence-corrected chi connectivity index (χ4v) is 2.34. The van der Waals surface area contributed by atoms with E-state index in [2.05, 4.69) is 5.32 Å². The smallest absolute Gasteiger partial charge is 0.261 e. The molecule has 0 atom stereocenters. The monoisotopic (exact) mass is 277 g/mol. The number of halogens is 1. The summed E-state index contributed by atoms with van der Waals surface area (Å²) in [7, 11) is 0. The van der Waals surface area contributed by atoms with Gasteiger partial charge >= 0.3 is 0 Å². The van der Waals surface area contributed by atoms with Gasteiger partial charge in [0.25, 0.3) is 5.91 Å². The third-order valence-corrected chi connectivity index (χ3v) is 3.73. The lowest BCUT2D eigenvalue weighted by Gasteiger charge is -2.03. The van der Waals surface area contributed by atoms with Gasteiger partial charge in [-0.05, 0) is 36.8 Å². The first-order valence-corrected chi connectivity index (χ1v) is 6.51. The zero-order chi connectivity index (χ0) is 13.8. The Morgan fingerprint density at radius 3 is 2.32 bits per heavy atom. The summed E-state index contributed by atoms with van der Waals surface area (Å²) in [5.74, 6) is -0.594. The van der Waals surface area contributed by atoms with Crippen molar-refractivity contribution in [3.8, 4) is 0 Å². The maximum absolute atomic E-state index is 12.7. The van der Waals surface area contributed by atoms with Gasteiger partial charge in [0.05, 0.1) is 9.75 Å². The van der Waals surface area contributed by atoms with Crippen LogP contribution in [0.25, 0.3) is 0 Å². The van der Waals surface area contributed by atoms with E-state index >= 15 is 0 Å². The highest BCUT2D eigenvalue weighted by molar-refractivity contribution is 7.15. The van der Waals surface area contributed by atoms with Gasteiger partial charge in [0.1, 0.15) is 5.82 Å². The number of benzene rings is 1. The number of ketones is 1. The Morgan fingerprint density at radius 2 is 1.74 bits per heavy atom. The van der Waals surface area contributed by atoms with Crippen LogP contribution in [0.15, 0.2) is 36.4 Å². The van der Waals surface area contributed by atoms with Crippen molar-refractivity contribution in [2.45, 2.75) is 13.5 Å². The molecule has 1 aromatic carbocycles. The van der Waals surface area contributed by atoms with Crippen LogP contribution in [-0.2, 0) is 6.54 Å². The molecular formula is C14H12FNO2S. The maximum Gasteiger partial charge on any atom is 0.261 e. The molecule has 0 aliphatic rings. The minimum Gasteiger partial charge on any atom is -0.347 e. The molecule has 98 valence electrons. The van der Waals surface area contributed by atoms with E-state index in [1.165, 1.54) is 30.4 Å². The Hall–Kier alpha value is -2.01.